The molecule has 1 aliphatic heterocycles. The summed E-state index contributed by atoms with van der Waals surface area (Å²) >= 11 is 0. The van der Waals surface area contributed by atoms with Crippen LogP contribution in [0.5, 0.6) is 5.75 Å². The van der Waals surface area contributed by atoms with Crippen molar-refractivity contribution in [3.05, 3.63) is 24.3 Å². The molecule has 9 nitrogen and oxygen atoms in total. The number of fused-ring (bicyclic) bond motifs is 1. The Balaban J connectivity index is 1.10. The molecule has 1 aromatic rings. The molecule has 7 aliphatic rings. The van der Waals surface area contributed by atoms with Crippen LogP contribution in [-0.2, 0) is 34.0 Å². The Morgan fingerprint density at radius 3 is 2.14 bits per heavy atom. The largest absolute Gasteiger partial charge is 0.458 e. The third-order valence-electron chi connectivity index (χ3n) is 9.87. The lowest BCUT2D eigenvalue weighted by molar-refractivity contribution is -0.187. The van der Waals surface area contributed by atoms with E-state index in [2.05, 4.69) is 0 Å². The number of hydrogen-bond acceptors (Lipinski definition) is 8. The van der Waals surface area contributed by atoms with E-state index in [1.54, 1.807) is 0 Å². The molecular weight excluding hydrogens is 488 g/mol. The second kappa shape index (κ2) is 7.54. The maximum absolute atomic E-state index is 13.6. The van der Waals surface area contributed by atoms with E-state index in [1.807, 2.05) is 0 Å². The van der Waals surface area contributed by atoms with Crippen molar-refractivity contribution in [1.82, 2.24) is 0 Å². The first kappa shape index (κ1) is 22.7. The van der Waals surface area contributed by atoms with E-state index in [9.17, 15) is 22.8 Å². The molecule has 10 heteroatoms. The number of carbonyl (C=O) groups is 3. The molecule has 8 rings (SSSR count). The molecule has 1 heterocycles. The van der Waals surface area contributed by atoms with Crippen LogP contribution in [0.3, 0.4) is 0 Å². The monoisotopic (exact) mass is 516 g/mol. The minimum Gasteiger partial charge on any atom is -0.458 e. The molecule has 0 spiro atoms. The minimum atomic E-state index is -4.37. The average Bonchev–Trinajstić information content (AvgIpc) is 3.42. The van der Waals surface area contributed by atoms with Gasteiger partial charge in [0.1, 0.15) is 18.0 Å². The third-order valence-corrected chi connectivity index (χ3v) is 10.7. The van der Waals surface area contributed by atoms with Crippen LogP contribution in [0.25, 0.3) is 0 Å². The van der Waals surface area contributed by atoms with Gasteiger partial charge in [-0.3, -0.25) is 18.9 Å². The van der Waals surface area contributed by atoms with E-state index in [1.165, 1.54) is 31.4 Å². The summed E-state index contributed by atoms with van der Waals surface area (Å²) in [7, 11) is -4.37. The Bertz CT molecular complexity index is 1220. The third kappa shape index (κ3) is 3.29. The summed E-state index contributed by atoms with van der Waals surface area (Å²) in [5.74, 6) is -1.37. The van der Waals surface area contributed by atoms with Crippen LogP contribution in [0.15, 0.2) is 29.2 Å². The van der Waals surface area contributed by atoms with Gasteiger partial charge in [0.25, 0.3) is 10.1 Å². The molecule has 6 aliphatic carbocycles. The van der Waals surface area contributed by atoms with Gasteiger partial charge in [-0.2, -0.15) is 8.42 Å². The summed E-state index contributed by atoms with van der Waals surface area (Å²) in [4.78, 5) is 39.2. The highest BCUT2D eigenvalue weighted by atomic mass is 32.2. The molecule has 1 saturated heterocycles. The van der Waals surface area contributed by atoms with E-state index < -0.39 is 51.5 Å². The predicted molar refractivity (Wildman–Crippen MR) is 121 cm³/mol. The summed E-state index contributed by atoms with van der Waals surface area (Å²) < 4.78 is 49.0. The maximum Gasteiger partial charge on any atom is 0.315 e. The number of rotatable bonds is 5. The number of benzene rings is 1. The number of esters is 3. The Morgan fingerprint density at radius 2 is 1.56 bits per heavy atom. The van der Waals surface area contributed by atoms with E-state index in [0.29, 0.717) is 24.2 Å². The molecule has 5 unspecified atom stereocenters. The highest BCUT2D eigenvalue weighted by molar-refractivity contribution is 7.85. The van der Waals surface area contributed by atoms with Gasteiger partial charge in [0, 0.05) is 11.8 Å². The number of hydrogen-bond donors (Lipinski definition) is 1. The molecule has 6 saturated carbocycles. The van der Waals surface area contributed by atoms with Crippen LogP contribution in [0.2, 0.25) is 0 Å². The normalized spacial score (nSPS) is 43.5. The van der Waals surface area contributed by atoms with E-state index in [-0.39, 0.29) is 28.5 Å². The topological polar surface area (TPSA) is 133 Å². The van der Waals surface area contributed by atoms with Crippen molar-refractivity contribution in [3.63, 3.8) is 0 Å². The first-order chi connectivity index (χ1) is 17.1. The molecule has 7 fully saturated rings. The minimum absolute atomic E-state index is 0.0974. The van der Waals surface area contributed by atoms with E-state index in [0.717, 1.165) is 31.4 Å². The number of carbonyl (C=O) groups excluding carboxylic acids is 3. The fourth-order valence-corrected chi connectivity index (χ4v) is 9.42. The predicted octanol–water partition coefficient (Wildman–Crippen LogP) is 2.77. The van der Waals surface area contributed by atoms with Gasteiger partial charge in [0.2, 0.25) is 0 Å². The molecule has 0 aromatic heterocycles. The van der Waals surface area contributed by atoms with E-state index >= 15 is 0 Å². The summed E-state index contributed by atoms with van der Waals surface area (Å²) in [6.07, 6.45) is 5.64. The highest BCUT2D eigenvalue weighted by Crippen LogP contribution is 2.62. The van der Waals surface area contributed by atoms with Gasteiger partial charge in [-0.1, -0.05) is 0 Å². The molecule has 0 radical (unpaired) electrons. The summed E-state index contributed by atoms with van der Waals surface area (Å²) in [6, 6.07) is 4.81. The van der Waals surface area contributed by atoms with Crippen LogP contribution in [0, 0.1) is 46.8 Å². The summed E-state index contributed by atoms with van der Waals surface area (Å²) in [5, 5.41) is 0. The van der Waals surface area contributed by atoms with Gasteiger partial charge >= 0.3 is 17.9 Å². The zero-order chi connectivity index (χ0) is 25.0. The van der Waals surface area contributed by atoms with Crippen molar-refractivity contribution in [3.8, 4) is 5.75 Å². The van der Waals surface area contributed by atoms with Crippen molar-refractivity contribution in [2.45, 2.75) is 62.0 Å². The second-order valence-electron chi connectivity index (χ2n) is 12.0. The van der Waals surface area contributed by atoms with Crippen molar-refractivity contribution in [2.24, 2.45) is 46.8 Å². The molecular formula is C26H28O9S. The zero-order valence-electron chi connectivity index (χ0n) is 19.6. The molecule has 1 aromatic carbocycles. The Morgan fingerprint density at radius 1 is 0.944 bits per heavy atom. The van der Waals surface area contributed by atoms with Gasteiger partial charge in [0.15, 0.2) is 0 Å². The van der Waals surface area contributed by atoms with Crippen LogP contribution >= 0.6 is 0 Å². The van der Waals surface area contributed by atoms with Gasteiger partial charge in [0.05, 0.1) is 22.1 Å². The SMILES string of the molecule is O=C1OC2C3CC(C2OC(=O)C24CC5CC(CC(C5)C2)C4)[C@@H](C(=O)Oc2ccc(S(=O)(=O)O)cc2)C13. The van der Waals surface area contributed by atoms with Crippen molar-refractivity contribution < 1.29 is 41.6 Å². The van der Waals surface area contributed by atoms with Crippen molar-refractivity contribution >= 4 is 28.0 Å². The second-order valence-corrected chi connectivity index (χ2v) is 13.4. The fraction of sp³-hybridized carbons (Fsp3) is 0.654. The summed E-state index contributed by atoms with van der Waals surface area (Å²) in [5.41, 5.74) is -0.441. The van der Waals surface area contributed by atoms with Gasteiger partial charge in [-0.05, 0) is 87.0 Å². The van der Waals surface area contributed by atoms with Crippen LogP contribution in [-0.4, -0.2) is 43.1 Å². The Labute approximate surface area is 208 Å². The first-order valence-electron chi connectivity index (χ1n) is 12.8. The molecule has 0 amide bonds. The van der Waals surface area contributed by atoms with Gasteiger partial charge in [-0.15, -0.1) is 0 Å². The first-order valence-corrected chi connectivity index (χ1v) is 14.3. The van der Waals surface area contributed by atoms with Crippen molar-refractivity contribution in [1.29, 1.82) is 0 Å². The standard InChI is InChI=1S/C26H28O9S/c27-23(33-15-1-3-16(4-2-15)36(30,31)32)19-18-8-17-20(19)24(28)34-21(17)22(18)35-25(29)26-9-12-5-13(10-26)7-14(6-12)11-26/h1-4,12-14,17-22H,5-11H2,(H,30,31,32)/t12?,13?,14?,17?,18?,19-,20?,21?,22?,26?/m1/s1. The lowest BCUT2D eigenvalue weighted by atomic mass is 9.49. The Hall–Kier alpha value is -2.46. The molecule has 192 valence electrons. The van der Waals surface area contributed by atoms with Gasteiger partial charge < -0.3 is 14.2 Å². The number of ether oxygens (including phenoxy) is 3. The van der Waals surface area contributed by atoms with Gasteiger partial charge in [-0.25, -0.2) is 0 Å². The van der Waals surface area contributed by atoms with Crippen LogP contribution in [0.1, 0.15) is 44.9 Å². The smallest absolute Gasteiger partial charge is 0.315 e. The van der Waals surface area contributed by atoms with Crippen molar-refractivity contribution in [2.75, 3.05) is 0 Å². The maximum atomic E-state index is 13.6. The molecule has 6 atom stereocenters. The zero-order valence-corrected chi connectivity index (χ0v) is 20.4. The molecule has 6 bridgehead atoms. The summed E-state index contributed by atoms with van der Waals surface area (Å²) in [6.45, 7) is 0. The lowest BCUT2D eigenvalue weighted by Crippen LogP contribution is -2.53. The molecule has 36 heavy (non-hydrogen) atoms. The highest BCUT2D eigenvalue weighted by Gasteiger charge is 2.71. The quantitative estimate of drug-likeness (QED) is 0.356. The lowest BCUT2D eigenvalue weighted by Gasteiger charge is -2.55. The van der Waals surface area contributed by atoms with Crippen LogP contribution < -0.4 is 4.74 Å². The molecule has 1 N–H and O–H groups in total. The van der Waals surface area contributed by atoms with Crippen LogP contribution in [0.4, 0.5) is 0 Å². The fourth-order valence-electron chi connectivity index (χ4n) is 8.94. The van der Waals surface area contributed by atoms with E-state index in [4.69, 9.17) is 18.8 Å². The Kier molecular flexibility index (Phi) is 4.75. The average molecular weight is 517 g/mol.